The van der Waals surface area contributed by atoms with Crippen LogP contribution in [0.4, 0.5) is 0 Å². The second-order valence-electron chi connectivity index (χ2n) is 6.48. The van der Waals surface area contributed by atoms with E-state index in [0.717, 1.165) is 23.9 Å². The van der Waals surface area contributed by atoms with Gasteiger partial charge in [-0.1, -0.05) is 33.8 Å². The molecular formula is C16H22ClNO2. The van der Waals surface area contributed by atoms with Gasteiger partial charge in [-0.15, -0.1) is 11.6 Å². The summed E-state index contributed by atoms with van der Waals surface area (Å²) in [5.41, 5.74) is 2.64. The number of hydrogen-bond acceptors (Lipinski definition) is 2. The molecule has 0 bridgehead atoms. The fourth-order valence-corrected chi connectivity index (χ4v) is 2.97. The Morgan fingerprint density at radius 2 is 2.05 bits per heavy atom. The van der Waals surface area contributed by atoms with E-state index in [-0.39, 0.29) is 16.5 Å². The van der Waals surface area contributed by atoms with E-state index in [0.29, 0.717) is 12.1 Å². The molecule has 1 heterocycles. The van der Waals surface area contributed by atoms with Crippen molar-refractivity contribution in [2.24, 2.45) is 5.41 Å². The van der Waals surface area contributed by atoms with Crippen molar-refractivity contribution in [2.45, 2.75) is 52.5 Å². The van der Waals surface area contributed by atoms with Gasteiger partial charge in [-0.05, 0) is 36.0 Å². The Bertz CT molecular complexity index is 649. The van der Waals surface area contributed by atoms with Crippen molar-refractivity contribution < 1.29 is 4.42 Å². The van der Waals surface area contributed by atoms with Crippen molar-refractivity contribution in [1.82, 2.24) is 4.57 Å². The molecule has 0 radical (unpaired) electrons. The Morgan fingerprint density at radius 3 is 2.65 bits per heavy atom. The van der Waals surface area contributed by atoms with Crippen LogP contribution in [-0.2, 0) is 6.54 Å². The Hall–Kier alpha value is -1.22. The van der Waals surface area contributed by atoms with Crippen molar-refractivity contribution in [1.29, 1.82) is 0 Å². The summed E-state index contributed by atoms with van der Waals surface area (Å²) >= 11 is 6.47. The lowest BCUT2D eigenvalue weighted by molar-refractivity contribution is 0.372. The van der Waals surface area contributed by atoms with Gasteiger partial charge < -0.3 is 4.42 Å². The molecule has 0 spiro atoms. The summed E-state index contributed by atoms with van der Waals surface area (Å²) in [5.74, 6) is -0.291. The standard InChI is InChI=1S/C16H22ClNO2/c1-5-8-18-13-7-6-11(9-14(13)20-15(18)19)12(17)10-16(2,3)4/h6-7,9,12H,5,8,10H2,1-4H3. The Kier molecular flexibility index (Phi) is 4.28. The molecule has 0 aliphatic carbocycles. The predicted molar refractivity (Wildman–Crippen MR) is 83.4 cm³/mol. The van der Waals surface area contributed by atoms with Gasteiger partial charge in [0.15, 0.2) is 5.58 Å². The molecule has 0 N–H and O–H groups in total. The average Bonchev–Trinajstić information content (AvgIpc) is 2.63. The van der Waals surface area contributed by atoms with Crippen molar-refractivity contribution >= 4 is 22.7 Å². The van der Waals surface area contributed by atoms with Crippen molar-refractivity contribution in [3.8, 4) is 0 Å². The first-order valence-electron chi connectivity index (χ1n) is 7.09. The molecule has 4 heteroatoms. The molecule has 0 aliphatic rings. The molecule has 0 fully saturated rings. The Morgan fingerprint density at radius 1 is 1.35 bits per heavy atom. The van der Waals surface area contributed by atoms with Crippen LogP contribution in [0.1, 0.15) is 51.5 Å². The van der Waals surface area contributed by atoms with Gasteiger partial charge in [-0.3, -0.25) is 4.57 Å². The third kappa shape index (κ3) is 3.26. The molecule has 0 aliphatic heterocycles. The maximum absolute atomic E-state index is 11.8. The summed E-state index contributed by atoms with van der Waals surface area (Å²) in [6.45, 7) is 9.21. The molecule has 1 aromatic heterocycles. The van der Waals surface area contributed by atoms with Crippen LogP contribution in [0, 0.1) is 5.41 Å². The molecule has 0 saturated carbocycles. The highest BCUT2D eigenvalue weighted by Crippen LogP contribution is 2.35. The highest BCUT2D eigenvalue weighted by atomic mass is 35.5. The first kappa shape index (κ1) is 15.2. The maximum Gasteiger partial charge on any atom is 0.419 e. The summed E-state index contributed by atoms with van der Waals surface area (Å²) in [6, 6.07) is 5.82. The van der Waals surface area contributed by atoms with Gasteiger partial charge in [-0.25, -0.2) is 4.79 Å². The summed E-state index contributed by atoms with van der Waals surface area (Å²) in [5, 5.41) is -0.0702. The number of alkyl halides is 1. The van der Waals surface area contributed by atoms with Crippen LogP contribution in [0.2, 0.25) is 0 Å². The molecule has 0 saturated heterocycles. The molecule has 20 heavy (non-hydrogen) atoms. The van der Waals surface area contributed by atoms with Gasteiger partial charge in [0.05, 0.1) is 10.9 Å². The van der Waals surface area contributed by atoms with Crippen LogP contribution in [0.5, 0.6) is 0 Å². The fraction of sp³-hybridized carbons (Fsp3) is 0.562. The summed E-state index contributed by atoms with van der Waals surface area (Å²) in [4.78, 5) is 11.8. The lowest BCUT2D eigenvalue weighted by Crippen LogP contribution is -2.13. The van der Waals surface area contributed by atoms with Crippen LogP contribution < -0.4 is 5.76 Å². The van der Waals surface area contributed by atoms with Gasteiger partial charge >= 0.3 is 5.76 Å². The molecule has 0 amide bonds. The zero-order valence-corrected chi connectivity index (χ0v) is 13.3. The number of oxazole rings is 1. The van der Waals surface area contributed by atoms with E-state index in [4.69, 9.17) is 16.0 Å². The van der Waals surface area contributed by atoms with Gasteiger partial charge in [0.25, 0.3) is 0 Å². The molecule has 1 unspecified atom stereocenters. The summed E-state index contributed by atoms with van der Waals surface area (Å²) < 4.78 is 6.99. The van der Waals surface area contributed by atoms with E-state index in [1.165, 1.54) is 0 Å². The first-order chi connectivity index (χ1) is 9.31. The number of aromatic nitrogens is 1. The highest BCUT2D eigenvalue weighted by molar-refractivity contribution is 6.20. The summed E-state index contributed by atoms with van der Waals surface area (Å²) in [6.07, 6.45) is 1.78. The lowest BCUT2D eigenvalue weighted by atomic mass is 9.88. The molecule has 3 nitrogen and oxygen atoms in total. The van der Waals surface area contributed by atoms with Crippen LogP contribution in [0.3, 0.4) is 0 Å². The molecular weight excluding hydrogens is 274 g/mol. The van der Waals surface area contributed by atoms with Gasteiger partial charge in [0.2, 0.25) is 0 Å². The number of aryl methyl sites for hydroxylation is 1. The molecule has 2 aromatic rings. The average molecular weight is 296 g/mol. The highest BCUT2D eigenvalue weighted by Gasteiger charge is 2.19. The monoisotopic (exact) mass is 295 g/mol. The fourth-order valence-electron chi connectivity index (χ4n) is 2.37. The zero-order chi connectivity index (χ0) is 14.9. The SMILES string of the molecule is CCCn1c(=O)oc2cc(C(Cl)CC(C)(C)C)ccc21. The molecule has 110 valence electrons. The number of nitrogens with zero attached hydrogens (tertiary/aromatic N) is 1. The van der Waals surface area contributed by atoms with E-state index < -0.39 is 0 Å². The van der Waals surface area contributed by atoms with E-state index in [1.54, 1.807) is 4.57 Å². The normalized spacial score (nSPS) is 13.8. The van der Waals surface area contributed by atoms with E-state index in [9.17, 15) is 4.79 Å². The zero-order valence-electron chi connectivity index (χ0n) is 12.6. The molecule has 1 aromatic carbocycles. The Labute approximate surface area is 124 Å². The molecule has 2 rings (SSSR count). The summed E-state index contributed by atoms with van der Waals surface area (Å²) in [7, 11) is 0. The van der Waals surface area contributed by atoms with E-state index in [2.05, 4.69) is 20.8 Å². The van der Waals surface area contributed by atoms with Gasteiger partial charge in [-0.2, -0.15) is 0 Å². The minimum Gasteiger partial charge on any atom is -0.408 e. The Balaban J connectivity index is 2.37. The quantitative estimate of drug-likeness (QED) is 0.765. The number of fused-ring (bicyclic) bond motifs is 1. The third-order valence-electron chi connectivity index (χ3n) is 3.29. The number of hydrogen-bond donors (Lipinski definition) is 0. The number of halogens is 1. The minimum absolute atomic E-state index is 0.0702. The van der Waals surface area contributed by atoms with E-state index in [1.807, 2.05) is 25.1 Å². The van der Waals surface area contributed by atoms with Crippen molar-refractivity contribution in [3.05, 3.63) is 34.3 Å². The van der Waals surface area contributed by atoms with Crippen LogP contribution in [0.15, 0.2) is 27.4 Å². The van der Waals surface area contributed by atoms with Crippen LogP contribution >= 0.6 is 11.6 Å². The second-order valence-corrected chi connectivity index (χ2v) is 7.01. The predicted octanol–water partition coefficient (Wildman–Crippen LogP) is 4.72. The second kappa shape index (κ2) is 5.65. The molecule has 1 atom stereocenters. The van der Waals surface area contributed by atoms with Crippen LogP contribution in [-0.4, -0.2) is 4.57 Å². The van der Waals surface area contributed by atoms with Gasteiger partial charge in [0.1, 0.15) is 0 Å². The smallest absolute Gasteiger partial charge is 0.408 e. The first-order valence-corrected chi connectivity index (χ1v) is 7.53. The van der Waals surface area contributed by atoms with Crippen molar-refractivity contribution in [2.75, 3.05) is 0 Å². The van der Waals surface area contributed by atoms with E-state index >= 15 is 0 Å². The number of rotatable bonds is 4. The van der Waals surface area contributed by atoms with Crippen molar-refractivity contribution in [3.63, 3.8) is 0 Å². The van der Waals surface area contributed by atoms with Gasteiger partial charge in [0, 0.05) is 6.54 Å². The number of benzene rings is 1. The largest absolute Gasteiger partial charge is 0.419 e. The topological polar surface area (TPSA) is 35.1 Å². The minimum atomic E-state index is -0.291. The van der Waals surface area contributed by atoms with Crippen LogP contribution in [0.25, 0.3) is 11.1 Å². The lowest BCUT2D eigenvalue weighted by Gasteiger charge is -2.22. The maximum atomic E-state index is 11.8. The third-order valence-corrected chi connectivity index (χ3v) is 3.70.